The minimum absolute atomic E-state index is 0.0855. The third-order valence-electron chi connectivity index (χ3n) is 5.08. The maximum atomic E-state index is 12.4. The van der Waals surface area contributed by atoms with Crippen molar-refractivity contribution >= 4 is 17.7 Å². The number of amides is 1. The van der Waals surface area contributed by atoms with E-state index in [1.165, 1.54) is 17.8 Å². The number of anilines is 1. The van der Waals surface area contributed by atoms with Crippen LogP contribution in [0.1, 0.15) is 11.1 Å². The summed E-state index contributed by atoms with van der Waals surface area (Å²) in [5.41, 5.74) is 4.22. The number of ether oxygens (including phenoxy) is 1. The van der Waals surface area contributed by atoms with E-state index in [9.17, 15) is 9.90 Å². The number of nitrogens with one attached hydrogen (secondary N) is 1. The number of rotatable bonds is 6. The molecule has 0 atom stereocenters. The van der Waals surface area contributed by atoms with Crippen LogP contribution in [0.4, 0.5) is 5.69 Å². The summed E-state index contributed by atoms with van der Waals surface area (Å²) in [5.74, 6) is -0.330. The van der Waals surface area contributed by atoms with Crippen molar-refractivity contribution in [3.05, 3.63) is 66.1 Å². The van der Waals surface area contributed by atoms with Gasteiger partial charge in [0.05, 0.1) is 19.4 Å². The van der Waals surface area contributed by atoms with Crippen LogP contribution < -0.4 is 5.32 Å². The van der Waals surface area contributed by atoms with E-state index in [1.54, 1.807) is 23.0 Å². The lowest BCUT2D eigenvalue weighted by Crippen LogP contribution is -2.35. The van der Waals surface area contributed by atoms with Gasteiger partial charge in [-0.1, -0.05) is 12.1 Å². The number of pyridine rings is 1. The molecule has 0 unspecified atom stereocenters. The molecule has 0 bridgehead atoms. The van der Waals surface area contributed by atoms with Gasteiger partial charge in [0.2, 0.25) is 11.8 Å². The Labute approximate surface area is 180 Å². The second-order valence-corrected chi connectivity index (χ2v) is 7.44. The van der Waals surface area contributed by atoms with Crippen molar-refractivity contribution in [2.45, 2.75) is 6.54 Å². The van der Waals surface area contributed by atoms with Crippen LogP contribution in [0.5, 0.6) is 5.88 Å². The molecule has 1 fully saturated rings. The monoisotopic (exact) mass is 419 g/mol. The van der Waals surface area contributed by atoms with Gasteiger partial charge in [-0.15, -0.1) is 0 Å². The number of morpholine rings is 1. The third kappa shape index (κ3) is 5.56. The van der Waals surface area contributed by atoms with Gasteiger partial charge >= 0.3 is 0 Å². The topological polar surface area (TPSA) is 92.5 Å². The summed E-state index contributed by atoms with van der Waals surface area (Å²) in [7, 11) is 1.82. The highest BCUT2D eigenvalue weighted by molar-refractivity contribution is 6.02. The average molecular weight is 419 g/mol. The molecule has 0 aliphatic carbocycles. The lowest BCUT2D eigenvalue weighted by Gasteiger charge is -2.26. The Morgan fingerprint density at radius 2 is 2.00 bits per heavy atom. The van der Waals surface area contributed by atoms with Crippen LogP contribution in [0.15, 0.2) is 55.0 Å². The SMILES string of the molecule is Cn1cc(-c2cc(O)ncc2/C=C/C(=O)Nc2ccc(CN3CCOCC3)cc2)cn1. The van der Waals surface area contributed by atoms with Crippen molar-refractivity contribution < 1.29 is 14.6 Å². The van der Waals surface area contributed by atoms with Gasteiger partial charge in [-0.3, -0.25) is 14.4 Å². The van der Waals surface area contributed by atoms with Gasteiger partial charge in [0, 0.05) is 68.0 Å². The van der Waals surface area contributed by atoms with E-state index in [1.807, 2.05) is 37.5 Å². The molecule has 1 aliphatic heterocycles. The molecule has 160 valence electrons. The van der Waals surface area contributed by atoms with E-state index in [0.29, 0.717) is 5.56 Å². The number of hydrogen-bond donors (Lipinski definition) is 2. The Morgan fingerprint density at radius 1 is 1.23 bits per heavy atom. The van der Waals surface area contributed by atoms with Crippen molar-refractivity contribution in [2.75, 3.05) is 31.6 Å². The highest BCUT2D eigenvalue weighted by Gasteiger charge is 2.11. The number of aromatic nitrogens is 3. The van der Waals surface area contributed by atoms with Crippen LogP contribution in [0, 0.1) is 0 Å². The van der Waals surface area contributed by atoms with Crippen molar-refractivity contribution in [1.82, 2.24) is 19.7 Å². The quantitative estimate of drug-likeness (QED) is 0.597. The van der Waals surface area contributed by atoms with E-state index in [-0.39, 0.29) is 11.8 Å². The summed E-state index contributed by atoms with van der Waals surface area (Å²) in [4.78, 5) is 18.7. The molecule has 1 aromatic carbocycles. The Hall–Kier alpha value is -3.49. The van der Waals surface area contributed by atoms with Crippen LogP contribution in [0.25, 0.3) is 17.2 Å². The maximum Gasteiger partial charge on any atom is 0.248 e. The van der Waals surface area contributed by atoms with Gasteiger partial charge in [0.25, 0.3) is 0 Å². The maximum absolute atomic E-state index is 12.4. The van der Waals surface area contributed by atoms with Crippen molar-refractivity contribution in [3.8, 4) is 17.0 Å². The van der Waals surface area contributed by atoms with E-state index >= 15 is 0 Å². The average Bonchev–Trinajstić information content (AvgIpc) is 3.21. The number of aromatic hydroxyl groups is 1. The molecule has 1 aliphatic rings. The Morgan fingerprint density at radius 3 is 2.71 bits per heavy atom. The first kappa shape index (κ1) is 20.8. The molecule has 0 radical (unpaired) electrons. The molecular weight excluding hydrogens is 394 g/mol. The first-order valence-corrected chi connectivity index (χ1v) is 10.1. The van der Waals surface area contributed by atoms with Gasteiger partial charge < -0.3 is 15.2 Å². The van der Waals surface area contributed by atoms with Crippen molar-refractivity contribution in [3.63, 3.8) is 0 Å². The minimum atomic E-state index is -0.244. The number of hydrogen-bond acceptors (Lipinski definition) is 6. The zero-order chi connectivity index (χ0) is 21.6. The second-order valence-electron chi connectivity index (χ2n) is 7.44. The molecule has 0 saturated carbocycles. The molecule has 8 nitrogen and oxygen atoms in total. The van der Waals surface area contributed by atoms with Gasteiger partial charge in [0.1, 0.15) is 0 Å². The van der Waals surface area contributed by atoms with Gasteiger partial charge in [-0.2, -0.15) is 5.10 Å². The largest absolute Gasteiger partial charge is 0.493 e. The zero-order valence-corrected chi connectivity index (χ0v) is 17.4. The summed E-state index contributed by atoms with van der Waals surface area (Å²) < 4.78 is 7.05. The standard InChI is InChI=1S/C23H25N5O3/c1-27-16-19(14-25-27)21-12-23(30)24-13-18(21)4-7-22(29)26-20-5-2-17(3-6-20)15-28-8-10-31-11-9-28/h2-7,12-14,16H,8-11,15H2,1H3,(H,24,30)(H,26,29)/b7-4+. The Bertz CT molecular complexity index is 1070. The van der Waals surface area contributed by atoms with Crippen LogP contribution in [-0.2, 0) is 23.1 Å². The van der Waals surface area contributed by atoms with E-state index in [4.69, 9.17) is 4.74 Å². The lowest BCUT2D eigenvalue weighted by molar-refractivity contribution is -0.111. The van der Waals surface area contributed by atoms with Crippen LogP contribution in [0.3, 0.4) is 0 Å². The first-order valence-electron chi connectivity index (χ1n) is 10.1. The summed E-state index contributed by atoms with van der Waals surface area (Å²) in [6, 6.07) is 9.43. The number of benzene rings is 1. The van der Waals surface area contributed by atoms with Crippen LogP contribution in [0.2, 0.25) is 0 Å². The molecule has 2 aromatic heterocycles. The number of nitrogens with zero attached hydrogens (tertiary/aromatic N) is 4. The van der Waals surface area contributed by atoms with Crippen LogP contribution in [-0.4, -0.2) is 57.0 Å². The number of carbonyl (C=O) groups excluding carboxylic acids is 1. The first-order chi connectivity index (χ1) is 15.1. The van der Waals surface area contributed by atoms with Gasteiger partial charge in [-0.25, -0.2) is 4.98 Å². The second kappa shape index (κ2) is 9.55. The zero-order valence-electron chi connectivity index (χ0n) is 17.4. The predicted molar refractivity (Wildman–Crippen MR) is 118 cm³/mol. The molecule has 4 rings (SSSR count). The smallest absolute Gasteiger partial charge is 0.248 e. The van der Waals surface area contributed by atoms with Crippen LogP contribution >= 0.6 is 0 Å². The molecular formula is C23H25N5O3. The molecule has 8 heteroatoms. The summed E-state index contributed by atoms with van der Waals surface area (Å²) in [6.07, 6.45) is 8.20. The molecule has 31 heavy (non-hydrogen) atoms. The minimum Gasteiger partial charge on any atom is -0.493 e. The fourth-order valence-electron chi connectivity index (χ4n) is 3.46. The molecule has 2 N–H and O–H groups in total. The van der Waals surface area contributed by atoms with E-state index in [0.717, 1.165) is 49.7 Å². The normalized spacial score (nSPS) is 14.7. The third-order valence-corrected chi connectivity index (χ3v) is 5.08. The fourth-order valence-corrected chi connectivity index (χ4v) is 3.46. The van der Waals surface area contributed by atoms with Gasteiger partial charge in [-0.05, 0) is 29.3 Å². The lowest BCUT2D eigenvalue weighted by atomic mass is 10.0. The van der Waals surface area contributed by atoms with Gasteiger partial charge in [0.15, 0.2) is 0 Å². The Kier molecular flexibility index (Phi) is 6.40. The summed E-state index contributed by atoms with van der Waals surface area (Å²) in [6.45, 7) is 4.31. The van der Waals surface area contributed by atoms with Crippen molar-refractivity contribution in [2.24, 2.45) is 7.05 Å². The molecule has 1 saturated heterocycles. The Balaban J connectivity index is 1.40. The fraction of sp³-hybridized carbons (Fsp3) is 0.261. The summed E-state index contributed by atoms with van der Waals surface area (Å²) in [5, 5.41) is 16.8. The highest BCUT2D eigenvalue weighted by Crippen LogP contribution is 2.26. The summed E-state index contributed by atoms with van der Waals surface area (Å²) >= 11 is 0. The number of aryl methyl sites for hydroxylation is 1. The molecule has 3 aromatic rings. The highest BCUT2D eigenvalue weighted by atomic mass is 16.5. The van der Waals surface area contributed by atoms with Crippen molar-refractivity contribution in [1.29, 1.82) is 0 Å². The molecule has 0 spiro atoms. The number of carbonyl (C=O) groups is 1. The molecule has 3 heterocycles. The molecule has 1 amide bonds. The predicted octanol–water partition coefficient (Wildman–Crippen LogP) is 2.67. The van der Waals surface area contributed by atoms with E-state index < -0.39 is 0 Å². The van der Waals surface area contributed by atoms with E-state index in [2.05, 4.69) is 20.3 Å².